The second-order valence-electron chi connectivity index (χ2n) is 4.00. The van der Waals surface area contributed by atoms with Gasteiger partial charge in [-0.1, -0.05) is 12.1 Å². The summed E-state index contributed by atoms with van der Waals surface area (Å²) in [6, 6.07) is 5.79. The molecule has 0 atom stereocenters. The zero-order valence-electron chi connectivity index (χ0n) is 10.5. The highest BCUT2D eigenvalue weighted by Gasteiger charge is 2.16. The number of nitrogens with zero attached hydrogens (tertiary/aromatic N) is 1. The zero-order chi connectivity index (χ0) is 14.4. The third-order valence-corrected chi connectivity index (χ3v) is 2.65. The first-order valence-corrected chi connectivity index (χ1v) is 5.82. The van der Waals surface area contributed by atoms with Gasteiger partial charge in [0.25, 0.3) is 6.43 Å². The lowest BCUT2D eigenvalue weighted by molar-refractivity contribution is -0.132. The molecule has 0 saturated carbocycles. The van der Waals surface area contributed by atoms with E-state index in [1.807, 2.05) is 0 Å². The van der Waals surface area contributed by atoms with Gasteiger partial charge in [0, 0.05) is 6.54 Å². The molecular weight excluding hydrogens is 256 g/mol. The van der Waals surface area contributed by atoms with Crippen LogP contribution in [0.4, 0.5) is 8.78 Å². The van der Waals surface area contributed by atoms with Gasteiger partial charge in [-0.15, -0.1) is 0 Å². The molecule has 0 aromatic heterocycles. The second-order valence-corrected chi connectivity index (χ2v) is 4.00. The van der Waals surface area contributed by atoms with E-state index in [-0.39, 0.29) is 18.5 Å². The topological polar surface area (TPSA) is 57.6 Å². The monoisotopic (exact) mass is 271 g/mol. The van der Waals surface area contributed by atoms with Gasteiger partial charge in [0.2, 0.25) is 5.91 Å². The van der Waals surface area contributed by atoms with Gasteiger partial charge in [0.15, 0.2) is 0 Å². The van der Waals surface area contributed by atoms with Gasteiger partial charge in [-0.25, -0.2) is 13.6 Å². The summed E-state index contributed by atoms with van der Waals surface area (Å²) in [7, 11) is 0. The molecule has 0 aliphatic heterocycles. The number of hydrogen-bond acceptors (Lipinski definition) is 2. The summed E-state index contributed by atoms with van der Waals surface area (Å²) in [4.78, 5) is 23.5. The minimum Gasteiger partial charge on any atom is -0.478 e. The molecule has 0 fully saturated rings. The first-order chi connectivity index (χ1) is 8.93. The number of likely N-dealkylation sites (N-methyl/N-ethyl adjacent to an activating group) is 1. The van der Waals surface area contributed by atoms with Crippen molar-refractivity contribution in [2.24, 2.45) is 0 Å². The minimum absolute atomic E-state index is 0.0134. The lowest BCUT2D eigenvalue weighted by Gasteiger charge is -2.20. The number of rotatable bonds is 6. The SMILES string of the molecule is CCN(CC(F)F)C(=O)Cc1ccc(C(=O)O)cc1. The Balaban J connectivity index is 2.67. The summed E-state index contributed by atoms with van der Waals surface area (Å²) < 4.78 is 24.5. The number of amides is 1. The molecule has 1 aromatic carbocycles. The van der Waals surface area contributed by atoms with Crippen LogP contribution in [-0.4, -0.2) is 41.4 Å². The van der Waals surface area contributed by atoms with E-state index in [9.17, 15) is 18.4 Å². The lowest BCUT2D eigenvalue weighted by Crippen LogP contribution is -2.35. The number of aromatic carboxylic acids is 1. The summed E-state index contributed by atoms with van der Waals surface area (Å²) >= 11 is 0. The molecule has 104 valence electrons. The molecule has 19 heavy (non-hydrogen) atoms. The molecule has 1 rings (SSSR count). The summed E-state index contributed by atoms with van der Waals surface area (Å²) in [6.07, 6.45) is -2.57. The second kappa shape index (κ2) is 6.82. The number of alkyl halides is 2. The van der Waals surface area contributed by atoms with Crippen molar-refractivity contribution in [3.05, 3.63) is 35.4 Å². The third-order valence-electron chi connectivity index (χ3n) is 2.65. The van der Waals surface area contributed by atoms with Crippen molar-refractivity contribution < 1.29 is 23.5 Å². The van der Waals surface area contributed by atoms with Gasteiger partial charge in [0.1, 0.15) is 0 Å². The molecular formula is C13H15F2NO3. The van der Waals surface area contributed by atoms with Crippen LogP contribution in [0.2, 0.25) is 0 Å². The Bertz CT molecular complexity index is 446. The van der Waals surface area contributed by atoms with E-state index in [1.165, 1.54) is 24.3 Å². The summed E-state index contributed by atoms with van der Waals surface area (Å²) in [5.41, 5.74) is 0.721. The van der Waals surface area contributed by atoms with Crippen molar-refractivity contribution >= 4 is 11.9 Å². The maximum absolute atomic E-state index is 12.3. The normalized spacial score (nSPS) is 10.5. The van der Waals surface area contributed by atoms with Crippen molar-refractivity contribution in [1.29, 1.82) is 0 Å². The number of carbonyl (C=O) groups excluding carboxylic acids is 1. The van der Waals surface area contributed by atoms with E-state index >= 15 is 0 Å². The fourth-order valence-electron chi connectivity index (χ4n) is 1.63. The first kappa shape index (κ1) is 15.1. The quantitative estimate of drug-likeness (QED) is 0.861. The van der Waals surface area contributed by atoms with Crippen LogP contribution in [0.25, 0.3) is 0 Å². The molecule has 1 amide bonds. The molecule has 0 heterocycles. The summed E-state index contributed by atoms with van der Waals surface area (Å²) in [5, 5.41) is 8.72. The average Bonchev–Trinajstić information content (AvgIpc) is 2.36. The maximum Gasteiger partial charge on any atom is 0.335 e. The number of benzene rings is 1. The third kappa shape index (κ3) is 4.65. The van der Waals surface area contributed by atoms with Gasteiger partial charge >= 0.3 is 5.97 Å². The molecule has 0 spiro atoms. The molecule has 0 saturated heterocycles. The fourth-order valence-corrected chi connectivity index (χ4v) is 1.63. The Morgan fingerprint density at radius 2 is 1.84 bits per heavy atom. The van der Waals surface area contributed by atoms with Crippen LogP contribution >= 0.6 is 0 Å². The molecule has 0 unspecified atom stereocenters. The fraction of sp³-hybridized carbons (Fsp3) is 0.385. The van der Waals surface area contributed by atoms with Crippen LogP contribution in [0.5, 0.6) is 0 Å². The Morgan fingerprint density at radius 1 is 1.26 bits per heavy atom. The Hall–Kier alpha value is -1.98. The highest BCUT2D eigenvalue weighted by Crippen LogP contribution is 2.08. The standard InChI is InChI=1S/C13H15F2NO3/c1-2-16(8-11(14)15)12(17)7-9-3-5-10(6-4-9)13(18)19/h3-6,11H,2,7-8H2,1H3,(H,18,19). The molecule has 0 aliphatic carbocycles. The van der Waals surface area contributed by atoms with E-state index in [0.717, 1.165) is 4.90 Å². The highest BCUT2D eigenvalue weighted by molar-refractivity contribution is 5.87. The largest absolute Gasteiger partial charge is 0.478 e. The highest BCUT2D eigenvalue weighted by atomic mass is 19.3. The molecule has 0 bridgehead atoms. The maximum atomic E-state index is 12.3. The first-order valence-electron chi connectivity index (χ1n) is 5.82. The van der Waals surface area contributed by atoms with E-state index in [1.54, 1.807) is 6.92 Å². The smallest absolute Gasteiger partial charge is 0.335 e. The van der Waals surface area contributed by atoms with Crippen molar-refractivity contribution in [3.8, 4) is 0 Å². The number of carboxylic acid groups (broad SMARTS) is 1. The van der Waals surface area contributed by atoms with Gasteiger partial charge < -0.3 is 10.0 Å². The van der Waals surface area contributed by atoms with Gasteiger partial charge in [-0.3, -0.25) is 4.79 Å². The predicted molar refractivity (Wildman–Crippen MR) is 65.4 cm³/mol. The van der Waals surface area contributed by atoms with Crippen LogP contribution in [0.3, 0.4) is 0 Å². The van der Waals surface area contributed by atoms with E-state index in [0.29, 0.717) is 5.56 Å². The number of carboxylic acids is 1. The average molecular weight is 271 g/mol. The molecule has 0 aliphatic rings. The Morgan fingerprint density at radius 3 is 2.26 bits per heavy atom. The van der Waals surface area contributed by atoms with Crippen LogP contribution in [0.1, 0.15) is 22.8 Å². The lowest BCUT2D eigenvalue weighted by atomic mass is 10.1. The van der Waals surface area contributed by atoms with Crippen molar-refractivity contribution in [1.82, 2.24) is 4.90 Å². The minimum atomic E-state index is -2.56. The number of carbonyl (C=O) groups is 2. The number of hydrogen-bond donors (Lipinski definition) is 1. The van der Waals surface area contributed by atoms with Gasteiger partial charge in [0.05, 0.1) is 18.5 Å². The van der Waals surface area contributed by atoms with Crippen molar-refractivity contribution in [3.63, 3.8) is 0 Å². The van der Waals surface area contributed by atoms with Gasteiger partial charge in [-0.05, 0) is 24.6 Å². The van der Waals surface area contributed by atoms with Crippen LogP contribution in [-0.2, 0) is 11.2 Å². The molecule has 1 aromatic rings. The van der Waals surface area contributed by atoms with Gasteiger partial charge in [-0.2, -0.15) is 0 Å². The Kier molecular flexibility index (Phi) is 5.41. The van der Waals surface area contributed by atoms with Crippen molar-refractivity contribution in [2.75, 3.05) is 13.1 Å². The summed E-state index contributed by atoms with van der Waals surface area (Å²) in [5.74, 6) is -1.45. The number of halogens is 2. The van der Waals surface area contributed by atoms with E-state index < -0.39 is 24.8 Å². The van der Waals surface area contributed by atoms with E-state index in [2.05, 4.69) is 0 Å². The van der Waals surface area contributed by atoms with E-state index in [4.69, 9.17) is 5.11 Å². The molecule has 1 N–H and O–H groups in total. The molecule has 6 heteroatoms. The summed E-state index contributed by atoms with van der Waals surface area (Å²) in [6.45, 7) is 1.27. The predicted octanol–water partition coefficient (Wildman–Crippen LogP) is 2.04. The van der Waals surface area contributed by atoms with Crippen LogP contribution < -0.4 is 0 Å². The molecule has 4 nitrogen and oxygen atoms in total. The van der Waals surface area contributed by atoms with Crippen LogP contribution in [0, 0.1) is 0 Å². The zero-order valence-corrected chi connectivity index (χ0v) is 10.5. The van der Waals surface area contributed by atoms with Crippen LogP contribution in [0.15, 0.2) is 24.3 Å². The molecule has 0 radical (unpaired) electrons. The van der Waals surface area contributed by atoms with Crippen molar-refractivity contribution in [2.45, 2.75) is 19.8 Å². The Labute approximate surface area is 109 Å².